The maximum Gasteiger partial charge on any atom is -0.0263 e. The van der Waals surface area contributed by atoms with Crippen LogP contribution >= 0.6 is 0 Å². The van der Waals surface area contributed by atoms with Crippen LogP contribution in [0.1, 0.15) is 64.2 Å². The number of allylic oxidation sites excluding steroid dienone is 2. The molecule has 0 aromatic rings. The normalized spacial score (nSPS) is 28.3. The fourth-order valence-electron chi connectivity index (χ4n) is 3.07. The van der Waals surface area contributed by atoms with E-state index in [0.717, 1.165) is 5.41 Å². The highest BCUT2D eigenvalue weighted by Gasteiger charge is 2.30. The lowest BCUT2D eigenvalue weighted by Gasteiger charge is -2.37. The van der Waals surface area contributed by atoms with E-state index in [1.165, 1.54) is 64.2 Å². The van der Waals surface area contributed by atoms with Crippen LogP contribution in [-0.2, 0) is 0 Å². The Morgan fingerprint density at radius 3 is 2.15 bits per heavy atom. The van der Waals surface area contributed by atoms with Crippen molar-refractivity contribution in [2.75, 3.05) is 0 Å². The van der Waals surface area contributed by atoms with Crippen LogP contribution in [0.4, 0.5) is 0 Å². The molecule has 13 heavy (non-hydrogen) atoms. The standard InChI is InChI=1S/C13H22/c1-2-5-9-13(10-6-3-1)11-7-4-8-12-13/h2,5H,1,3-4,6-12H2. The summed E-state index contributed by atoms with van der Waals surface area (Å²) in [5.41, 5.74) is 0.745. The molecule has 1 spiro atoms. The Morgan fingerprint density at radius 1 is 0.692 bits per heavy atom. The van der Waals surface area contributed by atoms with Crippen LogP contribution in [0.25, 0.3) is 0 Å². The second-order valence-corrected chi connectivity index (χ2v) is 4.98. The predicted octanol–water partition coefficient (Wildman–Crippen LogP) is 4.46. The van der Waals surface area contributed by atoms with E-state index in [1.807, 2.05) is 0 Å². The van der Waals surface area contributed by atoms with E-state index in [2.05, 4.69) is 12.2 Å². The zero-order valence-electron chi connectivity index (χ0n) is 8.73. The third kappa shape index (κ3) is 2.36. The monoisotopic (exact) mass is 178 g/mol. The summed E-state index contributed by atoms with van der Waals surface area (Å²) >= 11 is 0. The first kappa shape index (κ1) is 9.30. The average Bonchev–Trinajstić information content (AvgIpc) is 2.14. The molecule has 0 amide bonds. The minimum Gasteiger partial charge on any atom is -0.0885 e. The molecule has 1 fully saturated rings. The van der Waals surface area contributed by atoms with Crippen molar-refractivity contribution in [3.8, 4) is 0 Å². The molecule has 0 unspecified atom stereocenters. The number of hydrogen-bond donors (Lipinski definition) is 0. The molecule has 0 aromatic carbocycles. The van der Waals surface area contributed by atoms with E-state index in [4.69, 9.17) is 0 Å². The predicted molar refractivity (Wildman–Crippen MR) is 57.7 cm³/mol. The van der Waals surface area contributed by atoms with Crippen LogP contribution in [0.5, 0.6) is 0 Å². The third-order valence-corrected chi connectivity index (χ3v) is 3.96. The summed E-state index contributed by atoms with van der Waals surface area (Å²) in [5, 5.41) is 0. The Kier molecular flexibility index (Phi) is 3.08. The van der Waals surface area contributed by atoms with Crippen LogP contribution in [-0.4, -0.2) is 0 Å². The molecule has 0 atom stereocenters. The zero-order valence-corrected chi connectivity index (χ0v) is 8.73. The summed E-state index contributed by atoms with van der Waals surface area (Å²) in [4.78, 5) is 0. The maximum atomic E-state index is 2.46. The Morgan fingerprint density at radius 2 is 1.38 bits per heavy atom. The fourth-order valence-corrected chi connectivity index (χ4v) is 3.07. The first-order valence-electron chi connectivity index (χ1n) is 6.06. The summed E-state index contributed by atoms with van der Waals surface area (Å²) in [6, 6.07) is 0. The Bertz CT molecular complexity index is 172. The molecule has 2 aliphatic rings. The van der Waals surface area contributed by atoms with Gasteiger partial charge >= 0.3 is 0 Å². The van der Waals surface area contributed by atoms with Crippen molar-refractivity contribution in [3.63, 3.8) is 0 Å². The van der Waals surface area contributed by atoms with Crippen molar-refractivity contribution >= 4 is 0 Å². The van der Waals surface area contributed by atoms with Crippen molar-refractivity contribution in [1.82, 2.24) is 0 Å². The molecule has 2 rings (SSSR count). The highest BCUT2D eigenvalue weighted by atomic mass is 14.3. The van der Waals surface area contributed by atoms with Gasteiger partial charge in [0.1, 0.15) is 0 Å². The van der Waals surface area contributed by atoms with Gasteiger partial charge in [-0.25, -0.2) is 0 Å². The molecule has 0 aliphatic heterocycles. The topological polar surface area (TPSA) is 0 Å². The quantitative estimate of drug-likeness (QED) is 0.480. The van der Waals surface area contributed by atoms with E-state index in [9.17, 15) is 0 Å². The lowest BCUT2D eigenvalue weighted by atomic mass is 9.68. The van der Waals surface area contributed by atoms with Gasteiger partial charge in [-0.15, -0.1) is 0 Å². The summed E-state index contributed by atoms with van der Waals surface area (Å²) < 4.78 is 0. The lowest BCUT2D eigenvalue weighted by molar-refractivity contribution is 0.168. The Labute approximate surface area is 82.4 Å². The summed E-state index contributed by atoms with van der Waals surface area (Å²) in [6.07, 6.45) is 19.5. The van der Waals surface area contributed by atoms with Crippen molar-refractivity contribution in [2.45, 2.75) is 64.2 Å². The first-order chi connectivity index (χ1) is 6.41. The van der Waals surface area contributed by atoms with Gasteiger partial charge in [-0.05, 0) is 43.9 Å². The largest absolute Gasteiger partial charge is 0.0885 e. The molecule has 0 radical (unpaired) electrons. The second-order valence-electron chi connectivity index (χ2n) is 4.98. The third-order valence-electron chi connectivity index (χ3n) is 3.96. The Balaban J connectivity index is 1.99. The summed E-state index contributed by atoms with van der Waals surface area (Å²) in [6.45, 7) is 0. The fraction of sp³-hybridized carbons (Fsp3) is 0.846. The van der Waals surface area contributed by atoms with Crippen molar-refractivity contribution in [2.24, 2.45) is 5.41 Å². The van der Waals surface area contributed by atoms with Crippen LogP contribution in [0, 0.1) is 5.41 Å². The lowest BCUT2D eigenvalue weighted by Crippen LogP contribution is -2.23. The molecule has 0 bridgehead atoms. The molecule has 0 saturated heterocycles. The molecule has 74 valence electrons. The van der Waals surface area contributed by atoms with Gasteiger partial charge in [0.05, 0.1) is 0 Å². The van der Waals surface area contributed by atoms with Gasteiger partial charge in [0.15, 0.2) is 0 Å². The molecule has 0 aromatic heterocycles. The van der Waals surface area contributed by atoms with E-state index >= 15 is 0 Å². The SMILES string of the molecule is C1=CCC2(CCCC1)CCCCC2. The number of rotatable bonds is 0. The summed E-state index contributed by atoms with van der Waals surface area (Å²) in [5.74, 6) is 0. The first-order valence-corrected chi connectivity index (χ1v) is 6.06. The molecule has 1 saturated carbocycles. The van der Waals surface area contributed by atoms with E-state index in [-0.39, 0.29) is 0 Å². The van der Waals surface area contributed by atoms with Crippen molar-refractivity contribution < 1.29 is 0 Å². The molecule has 0 heteroatoms. The van der Waals surface area contributed by atoms with Gasteiger partial charge in [-0.1, -0.05) is 37.8 Å². The van der Waals surface area contributed by atoms with E-state index in [0.29, 0.717) is 0 Å². The van der Waals surface area contributed by atoms with Crippen LogP contribution in [0.3, 0.4) is 0 Å². The van der Waals surface area contributed by atoms with E-state index in [1.54, 1.807) is 0 Å². The minimum atomic E-state index is 0.745. The van der Waals surface area contributed by atoms with Crippen molar-refractivity contribution in [3.05, 3.63) is 12.2 Å². The van der Waals surface area contributed by atoms with Gasteiger partial charge in [-0.2, -0.15) is 0 Å². The molecule has 2 aliphatic carbocycles. The van der Waals surface area contributed by atoms with Crippen LogP contribution in [0.2, 0.25) is 0 Å². The van der Waals surface area contributed by atoms with Gasteiger partial charge in [0, 0.05) is 0 Å². The van der Waals surface area contributed by atoms with Crippen LogP contribution < -0.4 is 0 Å². The highest BCUT2D eigenvalue weighted by Crippen LogP contribution is 2.44. The zero-order chi connectivity index (χ0) is 8.99. The summed E-state index contributed by atoms with van der Waals surface area (Å²) in [7, 11) is 0. The molecular weight excluding hydrogens is 156 g/mol. The van der Waals surface area contributed by atoms with Gasteiger partial charge < -0.3 is 0 Å². The molecule has 0 N–H and O–H groups in total. The molecular formula is C13H22. The minimum absolute atomic E-state index is 0.745. The van der Waals surface area contributed by atoms with Crippen molar-refractivity contribution in [1.29, 1.82) is 0 Å². The molecule has 0 heterocycles. The smallest absolute Gasteiger partial charge is 0.0263 e. The Hall–Kier alpha value is -0.260. The highest BCUT2D eigenvalue weighted by molar-refractivity contribution is 4.94. The van der Waals surface area contributed by atoms with Gasteiger partial charge in [-0.3, -0.25) is 0 Å². The van der Waals surface area contributed by atoms with E-state index < -0.39 is 0 Å². The van der Waals surface area contributed by atoms with Gasteiger partial charge in [0.25, 0.3) is 0 Å². The average molecular weight is 178 g/mol. The van der Waals surface area contributed by atoms with Crippen LogP contribution in [0.15, 0.2) is 12.2 Å². The number of hydrogen-bond acceptors (Lipinski definition) is 0. The second kappa shape index (κ2) is 4.30. The molecule has 0 nitrogen and oxygen atoms in total. The maximum absolute atomic E-state index is 2.46. The van der Waals surface area contributed by atoms with Gasteiger partial charge in [0.2, 0.25) is 0 Å².